The van der Waals surface area contributed by atoms with Crippen molar-refractivity contribution in [3.8, 4) is 0 Å². The Morgan fingerprint density at radius 1 is 0.397 bits per heavy atom. The maximum Gasteiger partial charge on any atom is 0.220 e. The molecule has 0 aliphatic carbocycles. The number of nitrogens with one attached hydrogen (secondary N) is 1. The number of rotatable bonds is 47. The average Bonchev–Trinajstić information content (AvgIpc) is 3.29. The van der Waals surface area contributed by atoms with Crippen LogP contribution in [0.4, 0.5) is 0 Å². The molecule has 0 rings (SSSR count). The van der Waals surface area contributed by atoms with Crippen molar-refractivity contribution in [3.05, 3.63) is 109 Å². The number of aliphatic hydroxyl groups is 2. The molecule has 0 aliphatic rings. The molecule has 0 aromatic heterocycles. The summed E-state index contributed by atoms with van der Waals surface area (Å²) in [6.07, 6.45) is 81.0. The summed E-state index contributed by atoms with van der Waals surface area (Å²) in [6, 6.07) is -0.642. The number of hydrogen-bond acceptors (Lipinski definition) is 3. The molecule has 0 aliphatic heterocycles. The van der Waals surface area contributed by atoms with E-state index in [9.17, 15) is 15.0 Å². The van der Waals surface area contributed by atoms with Crippen molar-refractivity contribution < 1.29 is 15.0 Å². The lowest BCUT2D eigenvalue weighted by Crippen LogP contribution is -2.45. The van der Waals surface area contributed by atoms with Gasteiger partial charge in [0.2, 0.25) is 5.91 Å². The first kappa shape index (κ1) is 60.1. The van der Waals surface area contributed by atoms with Gasteiger partial charge in [0.1, 0.15) is 0 Å². The number of amides is 1. The number of carbonyl (C=O) groups is 1. The molecule has 360 valence electrons. The van der Waals surface area contributed by atoms with Crippen molar-refractivity contribution in [1.29, 1.82) is 0 Å². The van der Waals surface area contributed by atoms with Gasteiger partial charge in [-0.05, 0) is 89.9 Å². The zero-order valence-corrected chi connectivity index (χ0v) is 41.3. The molecule has 0 aromatic carbocycles. The quantitative estimate of drug-likeness (QED) is 0.0421. The summed E-state index contributed by atoms with van der Waals surface area (Å²) < 4.78 is 0. The highest BCUT2D eigenvalue weighted by Gasteiger charge is 2.17. The average molecular weight is 872 g/mol. The van der Waals surface area contributed by atoms with Gasteiger partial charge in [-0.25, -0.2) is 0 Å². The molecule has 0 heterocycles. The fourth-order valence-electron chi connectivity index (χ4n) is 7.47. The Labute approximate surface area is 391 Å². The number of unbranched alkanes of at least 4 members (excludes halogenated alkanes) is 24. The third-order valence-corrected chi connectivity index (χ3v) is 11.5. The second kappa shape index (κ2) is 53.4. The number of carbonyl (C=O) groups excluding carboxylic acids is 1. The maximum atomic E-state index is 12.4. The Morgan fingerprint density at radius 3 is 1.11 bits per heavy atom. The molecule has 1 amide bonds. The fourth-order valence-corrected chi connectivity index (χ4v) is 7.47. The van der Waals surface area contributed by atoms with E-state index in [0.29, 0.717) is 6.42 Å². The lowest BCUT2D eigenvalue weighted by atomic mass is 10.0. The van der Waals surface area contributed by atoms with Crippen LogP contribution < -0.4 is 5.32 Å². The first-order valence-corrected chi connectivity index (χ1v) is 26.6. The van der Waals surface area contributed by atoms with E-state index in [-0.39, 0.29) is 12.5 Å². The van der Waals surface area contributed by atoms with Gasteiger partial charge in [-0.3, -0.25) is 4.79 Å². The molecule has 0 bridgehead atoms. The zero-order chi connectivity index (χ0) is 45.6. The molecule has 4 heteroatoms. The van der Waals surface area contributed by atoms with Gasteiger partial charge in [-0.1, -0.05) is 252 Å². The molecular formula is C59H101NO3. The number of allylic oxidation sites excluding steroid dienone is 17. The minimum Gasteiger partial charge on any atom is -0.394 e. The summed E-state index contributed by atoms with van der Waals surface area (Å²) in [5.74, 6) is -0.0773. The van der Waals surface area contributed by atoms with E-state index in [4.69, 9.17) is 0 Å². The van der Waals surface area contributed by atoms with Gasteiger partial charge in [0.05, 0.1) is 18.8 Å². The van der Waals surface area contributed by atoms with Crippen molar-refractivity contribution in [2.45, 2.75) is 251 Å². The predicted molar refractivity (Wildman–Crippen MR) is 280 cm³/mol. The van der Waals surface area contributed by atoms with E-state index in [1.165, 1.54) is 141 Å². The van der Waals surface area contributed by atoms with Crippen LogP contribution in [0.1, 0.15) is 239 Å². The first-order valence-electron chi connectivity index (χ1n) is 26.6. The van der Waals surface area contributed by atoms with Crippen LogP contribution >= 0.6 is 0 Å². The summed E-state index contributed by atoms with van der Waals surface area (Å²) in [5, 5.41) is 23.0. The van der Waals surface area contributed by atoms with Crippen molar-refractivity contribution in [2.75, 3.05) is 6.61 Å². The van der Waals surface area contributed by atoms with Gasteiger partial charge >= 0.3 is 0 Å². The van der Waals surface area contributed by atoms with Crippen molar-refractivity contribution in [2.24, 2.45) is 0 Å². The molecule has 63 heavy (non-hydrogen) atoms. The highest BCUT2D eigenvalue weighted by atomic mass is 16.3. The van der Waals surface area contributed by atoms with Crippen LogP contribution in [0.15, 0.2) is 109 Å². The van der Waals surface area contributed by atoms with E-state index in [0.717, 1.165) is 77.0 Å². The molecule has 0 saturated carbocycles. The SMILES string of the molecule is CC/C=C\C/C=C\C/C=C\C/C=C\C/C=C\C/C=C\C/C=C\CCCCCCCCCCCCCCCCCCCC(=O)NC(CO)C(O)/C=C/CC/C=C/CCCCCCCC. The lowest BCUT2D eigenvalue weighted by Gasteiger charge is -2.19. The Kier molecular flexibility index (Phi) is 50.9. The monoisotopic (exact) mass is 872 g/mol. The Hall–Kier alpha value is -2.95. The van der Waals surface area contributed by atoms with Gasteiger partial charge in [0.25, 0.3) is 0 Å². The molecule has 4 nitrogen and oxygen atoms in total. The molecule has 0 fully saturated rings. The number of hydrogen-bond donors (Lipinski definition) is 3. The summed E-state index contributed by atoms with van der Waals surface area (Å²) in [7, 11) is 0. The summed E-state index contributed by atoms with van der Waals surface area (Å²) in [5.41, 5.74) is 0. The van der Waals surface area contributed by atoms with Crippen molar-refractivity contribution in [1.82, 2.24) is 5.32 Å². The lowest BCUT2D eigenvalue weighted by molar-refractivity contribution is -0.123. The summed E-state index contributed by atoms with van der Waals surface area (Å²) in [4.78, 5) is 12.4. The molecule has 0 saturated heterocycles. The summed E-state index contributed by atoms with van der Waals surface area (Å²) >= 11 is 0. The Morgan fingerprint density at radius 2 is 0.714 bits per heavy atom. The van der Waals surface area contributed by atoms with E-state index < -0.39 is 12.1 Å². The van der Waals surface area contributed by atoms with Crippen LogP contribution in [0.5, 0.6) is 0 Å². The summed E-state index contributed by atoms with van der Waals surface area (Å²) in [6.45, 7) is 4.16. The van der Waals surface area contributed by atoms with Crippen LogP contribution in [0.2, 0.25) is 0 Å². The van der Waals surface area contributed by atoms with Crippen molar-refractivity contribution >= 4 is 5.91 Å². The molecule has 2 atom stereocenters. The molecule has 0 spiro atoms. The minimum atomic E-state index is -0.865. The third kappa shape index (κ3) is 49.9. The van der Waals surface area contributed by atoms with Crippen LogP contribution in [0.25, 0.3) is 0 Å². The number of aliphatic hydroxyl groups excluding tert-OH is 2. The second-order valence-corrected chi connectivity index (χ2v) is 17.6. The second-order valence-electron chi connectivity index (χ2n) is 17.6. The van der Waals surface area contributed by atoms with E-state index in [2.05, 4.69) is 116 Å². The van der Waals surface area contributed by atoms with Gasteiger partial charge in [-0.15, -0.1) is 0 Å². The molecule has 3 N–H and O–H groups in total. The van der Waals surface area contributed by atoms with Crippen LogP contribution in [-0.4, -0.2) is 34.9 Å². The highest BCUT2D eigenvalue weighted by Crippen LogP contribution is 2.15. The third-order valence-electron chi connectivity index (χ3n) is 11.5. The van der Waals surface area contributed by atoms with E-state index in [1.807, 2.05) is 6.08 Å². The van der Waals surface area contributed by atoms with E-state index >= 15 is 0 Å². The van der Waals surface area contributed by atoms with E-state index in [1.54, 1.807) is 6.08 Å². The highest BCUT2D eigenvalue weighted by molar-refractivity contribution is 5.76. The Balaban J connectivity index is 3.51. The normalized spacial score (nSPS) is 13.8. The standard InChI is InChI=1S/C59H101NO3/c1-3-5-7-9-11-13-15-17-18-19-20-21-22-23-24-25-26-27-28-29-30-31-32-33-34-35-36-37-38-39-40-41-42-43-45-47-49-51-53-55-59(63)60-57(56-61)58(62)54-52-50-48-46-44-16-14-12-10-8-6-4-2/h5,7,11,13,17-18,20-21,23-24,26-27,29-30,44,46,52,54,57-58,61-62H,3-4,6,8-10,12,14-16,19,22,25,28,31-43,45,47-51,53,55-56H2,1-2H3,(H,60,63)/b7-5-,13-11-,18-17-,21-20-,24-23-,27-26-,30-29-,46-44+,54-52+. The largest absolute Gasteiger partial charge is 0.394 e. The van der Waals surface area contributed by atoms with Crippen LogP contribution in [0, 0.1) is 0 Å². The van der Waals surface area contributed by atoms with Gasteiger partial charge in [0, 0.05) is 6.42 Å². The molecule has 0 radical (unpaired) electrons. The minimum absolute atomic E-state index is 0.0773. The first-order chi connectivity index (χ1) is 31.2. The van der Waals surface area contributed by atoms with Crippen LogP contribution in [-0.2, 0) is 4.79 Å². The molecule has 2 unspecified atom stereocenters. The van der Waals surface area contributed by atoms with Crippen molar-refractivity contribution in [3.63, 3.8) is 0 Å². The molecule has 0 aromatic rings. The molecular weight excluding hydrogens is 771 g/mol. The zero-order valence-electron chi connectivity index (χ0n) is 41.3. The van der Waals surface area contributed by atoms with Gasteiger partial charge < -0.3 is 15.5 Å². The van der Waals surface area contributed by atoms with Crippen LogP contribution in [0.3, 0.4) is 0 Å². The predicted octanol–water partition coefficient (Wildman–Crippen LogP) is 17.5. The fraction of sp³-hybridized carbons (Fsp3) is 0.678. The van der Waals surface area contributed by atoms with Gasteiger partial charge in [-0.2, -0.15) is 0 Å². The maximum absolute atomic E-state index is 12.4. The van der Waals surface area contributed by atoms with Gasteiger partial charge in [0.15, 0.2) is 0 Å². The Bertz CT molecular complexity index is 1220. The smallest absolute Gasteiger partial charge is 0.220 e. The topological polar surface area (TPSA) is 69.6 Å².